The van der Waals surface area contributed by atoms with Crippen molar-refractivity contribution in [3.05, 3.63) is 51.4 Å². The monoisotopic (exact) mass is 296 g/mol. The van der Waals surface area contributed by atoms with Gasteiger partial charge in [0.15, 0.2) is 5.82 Å². The van der Waals surface area contributed by atoms with Crippen molar-refractivity contribution in [2.45, 2.75) is 48.0 Å². The van der Waals surface area contributed by atoms with E-state index >= 15 is 0 Å². The number of pyridine rings is 1. The van der Waals surface area contributed by atoms with Gasteiger partial charge in [-0.05, 0) is 69.4 Å². The number of aromatic nitrogens is 4. The molecule has 4 nitrogen and oxygen atoms in total. The molecule has 3 aromatic heterocycles. The summed E-state index contributed by atoms with van der Waals surface area (Å²) < 4.78 is 4.17. The predicted molar refractivity (Wildman–Crippen MR) is 89.6 cm³/mol. The second kappa shape index (κ2) is 4.97. The minimum atomic E-state index is 0.789. The van der Waals surface area contributed by atoms with Crippen molar-refractivity contribution in [2.24, 2.45) is 7.05 Å². The van der Waals surface area contributed by atoms with E-state index in [0.29, 0.717) is 0 Å². The SMILES string of the molecule is Cc1c(C)c(C)n2c(C)c(Cc3ncn(C)n3)c(C)c2c1C. The van der Waals surface area contributed by atoms with Crippen molar-refractivity contribution in [1.29, 1.82) is 0 Å². The van der Waals surface area contributed by atoms with E-state index in [2.05, 4.69) is 56.0 Å². The Balaban J connectivity index is 2.29. The van der Waals surface area contributed by atoms with Gasteiger partial charge < -0.3 is 4.40 Å². The van der Waals surface area contributed by atoms with Crippen molar-refractivity contribution in [2.75, 3.05) is 0 Å². The van der Waals surface area contributed by atoms with Gasteiger partial charge in [-0.15, -0.1) is 0 Å². The Morgan fingerprint density at radius 1 is 0.864 bits per heavy atom. The Hall–Kier alpha value is -2.10. The molecule has 0 spiro atoms. The maximum Gasteiger partial charge on any atom is 0.155 e. The van der Waals surface area contributed by atoms with Gasteiger partial charge in [0.1, 0.15) is 6.33 Å². The molecule has 0 atom stereocenters. The van der Waals surface area contributed by atoms with Gasteiger partial charge in [-0.25, -0.2) is 4.98 Å². The van der Waals surface area contributed by atoms with Gasteiger partial charge in [-0.1, -0.05) is 0 Å². The highest BCUT2D eigenvalue weighted by Gasteiger charge is 2.19. The van der Waals surface area contributed by atoms with Crippen LogP contribution in [-0.4, -0.2) is 19.2 Å². The van der Waals surface area contributed by atoms with Crippen LogP contribution in [-0.2, 0) is 13.5 Å². The van der Waals surface area contributed by atoms with Crippen molar-refractivity contribution in [3.8, 4) is 0 Å². The number of rotatable bonds is 2. The molecule has 0 unspecified atom stereocenters. The third-order valence-electron chi connectivity index (χ3n) is 5.14. The van der Waals surface area contributed by atoms with Gasteiger partial charge in [0, 0.05) is 24.9 Å². The zero-order valence-electron chi connectivity index (χ0n) is 14.6. The fraction of sp³-hybridized carbons (Fsp3) is 0.444. The first-order valence-electron chi connectivity index (χ1n) is 7.74. The molecular weight excluding hydrogens is 272 g/mol. The second-order valence-corrected chi connectivity index (χ2v) is 6.34. The number of hydrogen-bond acceptors (Lipinski definition) is 2. The van der Waals surface area contributed by atoms with Crippen LogP contribution in [0.3, 0.4) is 0 Å². The Kier molecular flexibility index (Phi) is 3.35. The molecular formula is C18H24N4. The number of fused-ring (bicyclic) bond motifs is 1. The molecule has 3 aromatic rings. The van der Waals surface area contributed by atoms with E-state index in [1.54, 1.807) is 11.0 Å². The van der Waals surface area contributed by atoms with Crippen LogP contribution in [0, 0.1) is 41.5 Å². The lowest BCUT2D eigenvalue weighted by molar-refractivity contribution is 0.748. The molecule has 0 N–H and O–H groups in total. The van der Waals surface area contributed by atoms with E-state index in [1.807, 2.05) is 7.05 Å². The summed E-state index contributed by atoms with van der Waals surface area (Å²) in [5.74, 6) is 0.883. The highest BCUT2D eigenvalue weighted by molar-refractivity contribution is 5.70. The normalized spacial score (nSPS) is 11.6. The van der Waals surface area contributed by atoms with Crippen molar-refractivity contribution in [3.63, 3.8) is 0 Å². The third-order valence-corrected chi connectivity index (χ3v) is 5.14. The Morgan fingerprint density at radius 2 is 1.55 bits per heavy atom. The Labute approximate surface area is 131 Å². The summed E-state index contributed by atoms with van der Waals surface area (Å²) in [5, 5.41) is 4.43. The topological polar surface area (TPSA) is 35.1 Å². The van der Waals surface area contributed by atoms with Crippen LogP contribution in [0.2, 0.25) is 0 Å². The maximum absolute atomic E-state index is 4.43. The average Bonchev–Trinajstić information content (AvgIpc) is 2.99. The molecule has 4 heteroatoms. The number of aryl methyl sites for hydroxylation is 5. The largest absolute Gasteiger partial charge is 0.317 e. The highest BCUT2D eigenvalue weighted by atomic mass is 15.3. The van der Waals surface area contributed by atoms with Crippen molar-refractivity contribution in [1.82, 2.24) is 19.2 Å². The molecule has 0 amide bonds. The van der Waals surface area contributed by atoms with Crippen LogP contribution in [0.4, 0.5) is 0 Å². The first kappa shape index (κ1) is 14.8. The smallest absolute Gasteiger partial charge is 0.155 e. The van der Waals surface area contributed by atoms with Crippen molar-refractivity contribution >= 4 is 5.52 Å². The van der Waals surface area contributed by atoms with E-state index in [-0.39, 0.29) is 0 Å². The van der Waals surface area contributed by atoms with Gasteiger partial charge in [-0.2, -0.15) is 5.10 Å². The number of nitrogens with zero attached hydrogens (tertiary/aromatic N) is 4. The fourth-order valence-corrected chi connectivity index (χ4v) is 3.53. The summed E-state index contributed by atoms with van der Waals surface area (Å²) in [7, 11) is 1.91. The molecule has 22 heavy (non-hydrogen) atoms. The first-order chi connectivity index (χ1) is 10.3. The summed E-state index contributed by atoms with van der Waals surface area (Å²) in [4.78, 5) is 4.39. The molecule has 3 rings (SSSR count). The van der Waals surface area contributed by atoms with Crippen LogP contribution in [0.1, 0.15) is 45.0 Å². The quantitative estimate of drug-likeness (QED) is 0.725. The molecule has 116 valence electrons. The van der Waals surface area contributed by atoms with E-state index in [9.17, 15) is 0 Å². The third kappa shape index (κ3) is 1.97. The van der Waals surface area contributed by atoms with Crippen LogP contribution >= 0.6 is 0 Å². The van der Waals surface area contributed by atoms with Gasteiger partial charge >= 0.3 is 0 Å². The summed E-state index contributed by atoms with van der Waals surface area (Å²) in [6.07, 6.45) is 2.55. The zero-order chi connectivity index (χ0) is 16.2. The molecule has 0 saturated heterocycles. The molecule has 0 aliphatic rings. The zero-order valence-corrected chi connectivity index (χ0v) is 14.6. The Morgan fingerprint density at radius 3 is 2.14 bits per heavy atom. The summed E-state index contributed by atoms with van der Waals surface area (Å²) in [6, 6.07) is 0. The molecule has 0 aliphatic carbocycles. The van der Waals surface area contributed by atoms with E-state index in [4.69, 9.17) is 0 Å². The molecule has 0 bridgehead atoms. The van der Waals surface area contributed by atoms with Gasteiger partial charge in [-0.3, -0.25) is 4.68 Å². The van der Waals surface area contributed by atoms with Crippen LogP contribution in [0.5, 0.6) is 0 Å². The predicted octanol–water partition coefficient (Wildman–Crippen LogP) is 3.51. The lowest BCUT2D eigenvalue weighted by atomic mass is 10.0. The average molecular weight is 296 g/mol. The maximum atomic E-state index is 4.43. The standard InChI is InChI=1S/C18H24N4/c1-10-11(2)14(5)22-15(6)16(13(4)18(22)12(10)3)8-17-19-9-21(7)20-17/h9H,8H2,1-7H3. The molecule has 0 aliphatic heterocycles. The molecule has 0 saturated carbocycles. The summed E-state index contributed by atoms with van der Waals surface area (Å²) >= 11 is 0. The van der Waals surface area contributed by atoms with E-state index in [0.717, 1.165) is 12.2 Å². The molecule has 0 aromatic carbocycles. The first-order valence-corrected chi connectivity index (χ1v) is 7.74. The highest BCUT2D eigenvalue weighted by Crippen LogP contribution is 2.31. The van der Waals surface area contributed by atoms with Gasteiger partial charge in [0.05, 0.1) is 5.52 Å². The summed E-state index contributed by atoms with van der Waals surface area (Å²) in [5.41, 5.74) is 10.9. The molecule has 0 radical (unpaired) electrons. The lowest BCUT2D eigenvalue weighted by Gasteiger charge is -2.14. The van der Waals surface area contributed by atoms with Crippen LogP contribution < -0.4 is 0 Å². The molecule has 0 fully saturated rings. The fourth-order valence-electron chi connectivity index (χ4n) is 3.53. The second-order valence-electron chi connectivity index (χ2n) is 6.34. The van der Waals surface area contributed by atoms with Gasteiger partial charge in [0.2, 0.25) is 0 Å². The van der Waals surface area contributed by atoms with E-state index in [1.165, 1.54) is 44.7 Å². The van der Waals surface area contributed by atoms with Gasteiger partial charge in [0.25, 0.3) is 0 Å². The van der Waals surface area contributed by atoms with E-state index < -0.39 is 0 Å². The molecule has 3 heterocycles. The Bertz CT molecular complexity index is 830. The summed E-state index contributed by atoms with van der Waals surface area (Å²) in [6.45, 7) is 13.3. The van der Waals surface area contributed by atoms with Crippen LogP contribution in [0.15, 0.2) is 6.33 Å². The minimum absolute atomic E-state index is 0.789. The number of hydrogen-bond donors (Lipinski definition) is 0. The lowest BCUT2D eigenvalue weighted by Crippen LogP contribution is -2.02. The minimum Gasteiger partial charge on any atom is -0.317 e. The van der Waals surface area contributed by atoms with Crippen LogP contribution in [0.25, 0.3) is 5.52 Å². The van der Waals surface area contributed by atoms with Crippen molar-refractivity contribution < 1.29 is 0 Å².